The molecule has 6 heteroatoms. The first-order chi connectivity index (χ1) is 6.79. The zero-order valence-corrected chi connectivity index (χ0v) is 11.5. The molecule has 0 spiro atoms. The highest BCUT2D eigenvalue weighted by atomic mass is 35.5. The first-order valence-corrected chi connectivity index (χ1v) is 7.11. The number of hydrogen-bond donors (Lipinski definition) is 1. The second kappa shape index (κ2) is 6.03. The van der Waals surface area contributed by atoms with Crippen LogP contribution in [-0.2, 0) is 10.2 Å². The molecule has 0 aromatic carbocycles. The van der Waals surface area contributed by atoms with Gasteiger partial charge in [-0.2, -0.15) is 17.4 Å². The molecule has 0 heterocycles. The van der Waals surface area contributed by atoms with Crippen molar-refractivity contribution in [1.29, 1.82) is 0 Å². The van der Waals surface area contributed by atoms with Crippen molar-refractivity contribution < 1.29 is 8.42 Å². The number of nitrogens with one attached hydrogen (secondary N) is 1. The third-order valence-corrected chi connectivity index (χ3v) is 4.37. The second-order valence-electron chi connectivity index (χ2n) is 4.01. The number of nitrogens with zero attached hydrogens (tertiary/aromatic N) is 1. The van der Waals surface area contributed by atoms with E-state index in [1.165, 1.54) is 4.31 Å². The Morgan fingerprint density at radius 2 is 1.73 bits per heavy atom. The molecule has 15 heavy (non-hydrogen) atoms. The van der Waals surface area contributed by atoms with Crippen LogP contribution >= 0.6 is 11.6 Å². The highest BCUT2D eigenvalue weighted by Gasteiger charge is 2.27. The zero-order chi connectivity index (χ0) is 12.1. The van der Waals surface area contributed by atoms with Gasteiger partial charge in [0.15, 0.2) is 0 Å². The van der Waals surface area contributed by atoms with Crippen LogP contribution in [0.1, 0.15) is 34.1 Å². The van der Waals surface area contributed by atoms with Crippen LogP contribution in [-0.4, -0.2) is 37.2 Å². The van der Waals surface area contributed by atoms with Gasteiger partial charge in [0.1, 0.15) is 0 Å². The molecule has 0 aromatic heterocycles. The lowest BCUT2D eigenvalue weighted by Crippen LogP contribution is -2.50. The van der Waals surface area contributed by atoms with Crippen molar-refractivity contribution in [1.82, 2.24) is 9.03 Å². The van der Waals surface area contributed by atoms with Crippen LogP contribution < -0.4 is 4.72 Å². The van der Waals surface area contributed by atoms with Gasteiger partial charge in [0, 0.05) is 24.5 Å². The maximum atomic E-state index is 11.9. The standard InChI is InChI=1S/C9H21ClN2O2S/c1-5-12(6-2)15(13,14)11-9(3,4)7-8-10/h11H,5-8H2,1-4H3. The Kier molecular flexibility index (Phi) is 6.10. The first-order valence-electron chi connectivity index (χ1n) is 5.14. The fraction of sp³-hybridized carbons (Fsp3) is 1.00. The smallest absolute Gasteiger partial charge is 0.196 e. The summed E-state index contributed by atoms with van der Waals surface area (Å²) in [5.74, 6) is 0.438. The van der Waals surface area contributed by atoms with Crippen molar-refractivity contribution in [2.45, 2.75) is 39.7 Å². The Balaban J connectivity index is 4.63. The van der Waals surface area contributed by atoms with Crippen molar-refractivity contribution in [2.24, 2.45) is 0 Å². The Hall–Kier alpha value is 0.160. The summed E-state index contributed by atoms with van der Waals surface area (Å²) in [7, 11) is -3.38. The van der Waals surface area contributed by atoms with E-state index in [4.69, 9.17) is 11.6 Å². The molecular weight excluding hydrogens is 236 g/mol. The molecule has 0 aliphatic carbocycles. The van der Waals surface area contributed by atoms with E-state index < -0.39 is 15.7 Å². The van der Waals surface area contributed by atoms with Gasteiger partial charge in [0.05, 0.1) is 0 Å². The predicted molar refractivity (Wildman–Crippen MR) is 64.4 cm³/mol. The van der Waals surface area contributed by atoms with Crippen LogP contribution in [0.25, 0.3) is 0 Å². The molecule has 0 atom stereocenters. The van der Waals surface area contributed by atoms with E-state index in [-0.39, 0.29) is 0 Å². The molecule has 0 amide bonds. The summed E-state index contributed by atoms with van der Waals surface area (Å²) >= 11 is 5.61. The Labute approximate surface area is 98.2 Å². The monoisotopic (exact) mass is 256 g/mol. The second-order valence-corrected chi connectivity index (χ2v) is 6.06. The largest absolute Gasteiger partial charge is 0.279 e. The summed E-state index contributed by atoms with van der Waals surface area (Å²) in [6.45, 7) is 8.24. The van der Waals surface area contributed by atoms with Crippen LogP contribution in [0.4, 0.5) is 0 Å². The maximum absolute atomic E-state index is 11.9. The molecule has 0 saturated heterocycles. The molecule has 0 aromatic rings. The average molecular weight is 257 g/mol. The highest BCUT2D eigenvalue weighted by Crippen LogP contribution is 2.12. The third kappa shape index (κ3) is 5.15. The molecule has 0 bridgehead atoms. The summed E-state index contributed by atoms with van der Waals surface area (Å²) in [4.78, 5) is 0. The van der Waals surface area contributed by atoms with Gasteiger partial charge in [0.25, 0.3) is 10.2 Å². The number of alkyl halides is 1. The third-order valence-electron chi connectivity index (χ3n) is 2.17. The number of hydrogen-bond acceptors (Lipinski definition) is 2. The Morgan fingerprint density at radius 1 is 1.27 bits per heavy atom. The van der Waals surface area contributed by atoms with E-state index in [9.17, 15) is 8.42 Å². The number of halogens is 1. The Bertz CT molecular complexity index is 274. The fourth-order valence-corrected chi connectivity index (χ4v) is 3.35. The van der Waals surface area contributed by atoms with Gasteiger partial charge in [-0.25, -0.2) is 0 Å². The van der Waals surface area contributed by atoms with Crippen molar-refractivity contribution in [2.75, 3.05) is 19.0 Å². The van der Waals surface area contributed by atoms with Crippen molar-refractivity contribution in [3.8, 4) is 0 Å². The van der Waals surface area contributed by atoms with E-state index in [0.717, 1.165) is 0 Å². The molecule has 0 radical (unpaired) electrons. The SMILES string of the molecule is CCN(CC)S(=O)(=O)NC(C)(C)CCCl. The minimum atomic E-state index is -3.38. The molecule has 0 fully saturated rings. The normalized spacial score (nSPS) is 13.5. The minimum Gasteiger partial charge on any atom is -0.196 e. The van der Waals surface area contributed by atoms with Crippen LogP contribution in [0.5, 0.6) is 0 Å². The lowest BCUT2D eigenvalue weighted by Gasteiger charge is -2.29. The molecule has 92 valence electrons. The summed E-state index contributed by atoms with van der Waals surface area (Å²) in [6, 6.07) is 0. The van der Waals surface area contributed by atoms with E-state index in [0.29, 0.717) is 25.4 Å². The van der Waals surface area contributed by atoms with E-state index in [1.807, 2.05) is 27.7 Å². The van der Waals surface area contributed by atoms with Crippen LogP contribution in [0.3, 0.4) is 0 Å². The van der Waals surface area contributed by atoms with Gasteiger partial charge < -0.3 is 0 Å². The van der Waals surface area contributed by atoms with Gasteiger partial charge in [-0.05, 0) is 20.3 Å². The first kappa shape index (κ1) is 15.2. The van der Waals surface area contributed by atoms with Crippen LogP contribution in [0.15, 0.2) is 0 Å². The lowest BCUT2D eigenvalue weighted by molar-refractivity contribution is 0.389. The van der Waals surface area contributed by atoms with Crippen molar-refractivity contribution in [3.63, 3.8) is 0 Å². The minimum absolute atomic E-state index is 0.438. The molecule has 0 aliphatic heterocycles. The zero-order valence-electron chi connectivity index (χ0n) is 9.88. The van der Waals surface area contributed by atoms with E-state index in [2.05, 4.69) is 4.72 Å². The predicted octanol–water partition coefficient (Wildman–Crippen LogP) is 1.57. The topological polar surface area (TPSA) is 49.4 Å². The molecular formula is C9H21ClN2O2S. The molecule has 4 nitrogen and oxygen atoms in total. The molecule has 0 aliphatic rings. The number of rotatable bonds is 7. The van der Waals surface area contributed by atoms with Gasteiger partial charge in [-0.1, -0.05) is 13.8 Å². The van der Waals surface area contributed by atoms with Gasteiger partial charge in [-0.15, -0.1) is 11.6 Å². The van der Waals surface area contributed by atoms with Gasteiger partial charge in [-0.3, -0.25) is 0 Å². The van der Waals surface area contributed by atoms with E-state index in [1.54, 1.807) is 0 Å². The van der Waals surface area contributed by atoms with Crippen molar-refractivity contribution >= 4 is 21.8 Å². The summed E-state index contributed by atoms with van der Waals surface area (Å²) in [5.41, 5.74) is -0.497. The molecule has 0 saturated carbocycles. The average Bonchev–Trinajstić information content (AvgIpc) is 2.02. The van der Waals surface area contributed by atoms with Gasteiger partial charge >= 0.3 is 0 Å². The van der Waals surface area contributed by atoms with Gasteiger partial charge in [0.2, 0.25) is 0 Å². The van der Waals surface area contributed by atoms with E-state index >= 15 is 0 Å². The summed E-state index contributed by atoms with van der Waals surface area (Å²) in [6.07, 6.45) is 0.606. The van der Waals surface area contributed by atoms with Crippen LogP contribution in [0, 0.1) is 0 Å². The van der Waals surface area contributed by atoms with Crippen molar-refractivity contribution in [3.05, 3.63) is 0 Å². The lowest BCUT2D eigenvalue weighted by atomic mass is 10.0. The highest BCUT2D eigenvalue weighted by molar-refractivity contribution is 7.87. The Morgan fingerprint density at radius 3 is 2.07 bits per heavy atom. The summed E-state index contributed by atoms with van der Waals surface area (Å²) in [5, 5.41) is 0. The maximum Gasteiger partial charge on any atom is 0.279 e. The van der Waals surface area contributed by atoms with Crippen LogP contribution in [0.2, 0.25) is 0 Å². The quantitative estimate of drug-likeness (QED) is 0.703. The fourth-order valence-electron chi connectivity index (χ4n) is 1.26. The molecule has 1 N–H and O–H groups in total. The summed E-state index contributed by atoms with van der Waals surface area (Å²) < 4.78 is 27.8. The molecule has 0 unspecified atom stereocenters. The molecule has 0 rings (SSSR count).